The highest BCUT2D eigenvalue weighted by Crippen LogP contribution is 2.31. The van der Waals surface area contributed by atoms with Crippen LogP contribution in [0.2, 0.25) is 0 Å². The Bertz CT molecular complexity index is 208. The number of rotatable bonds is 6. The molecule has 3 heteroatoms. The van der Waals surface area contributed by atoms with Gasteiger partial charge in [-0.15, -0.1) is 0 Å². The van der Waals surface area contributed by atoms with Crippen LogP contribution in [-0.4, -0.2) is 60.8 Å². The highest BCUT2D eigenvalue weighted by Gasteiger charge is 2.43. The minimum absolute atomic E-state index is 0.371. The van der Waals surface area contributed by atoms with Crippen molar-refractivity contribution in [3.63, 3.8) is 0 Å². The smallest absolute Gasteiger partial charge is 0.0596 e. The number of hydrogen-bond acceptors (Lipinski definition) is 3. The average Bonchev–Trinajstić information content (AvgIpc) is 2.25. The maximum Gasteiger partial charge on any atom is 0.0596 e. The van der Waals surface area contributed by atoms with E-state index in [2.05, 4.69) is 30.6 Å². The van der Waals surface area contributed by atoms with Gasteiger partial charge in [0.25, 0.3) is 0 Å². The first kappa shape index (κ1) is 12.3. The lowest BCUT2D eigenvalue weighted by atomic mass is 9.87. The summed E-state index contributed by atoms with van der Waals surface area (Å²) in [6, 6.07) is 1.69. The molecule has 3 aliphatic heterocycles. The van der Waals surface area contributed by atoms with Gasteiger partial charge in [-0.3, -0.25) is 9.80 Å². The van der Waals surface area contributed by atoms with E-state index >= 15 is 0 Å². The van der Waals surface area contributed by atoms with Crippen molar-refractivity contribution in [1.29, 1.82) is 0 Å². The number of ether oxygens (including phenoxy) is 1. The first-order chi connectivity index (χ1) is 7.70. The molecule has 3 heterocycles. The molecule has 3 saturated heterocycles. The van der Waals surface area contributed by atoms with E-state index in [1.54, 1.807) is 0 Å². The lowest BCUT2D eigenvalue weighted by Gasteiger charge is -2.56. The number of piperidine rings is 1. The molecule has 3 rings (SSSR count). The van der Waals surface area contributed by atoms with E-state index in [4.69, 9.17) is 4.74 Å². The Hall–Kier alpha value is -0.120. The molecule has 0 aromatic carbocycles. The van der Waals surface area contributed by atoms with Gasteiger partial charge in [-0.2, -0.15) is 0 Å². The lowest BCUT2D eigenvalue weighted by molar-refractivity contribution is -0.0758. The van der Waals surface area contributed by atoms with Crippen molar-refractivity contribution in [2.75, 3.05) is 32.8 Å². The molecule has 3 nitrogen and oxygen atoms in total. The molecule has 16 heavy (non-hydrogen) atoms. The van der Waals surface area contributed by atoms with Crippen molar-refractivity contribution < 1.29 is 4.74 Å². The Morgan fingerprint density at radius 2 is 1.88 bits per heavy atom. The number of nitrogens with zero attached hydrogens (tertiary/aromatic N) is 2. The fraction of sp³-hybridized carbons (Fsp3) is 1.00. The van der Waals surface area contributed by atoms with Crippen LogP contribution in [0.25, 0.3) is 0 Å². The second kappa shape index (κ2) is 5.48. The van der Waals surface area contributed by atoms with E-state index in [9.17, 15) is 0 Å². The van der Waals surface area contributed by atoms with Gasteiger partial charge in [0.15, 0.2) is 0 Å². The molecule has 94 valence electrons. The molecule has 0 aromatic rings. The Kier molecular flexibility index (Phi) is 4.22. The molecule has 2 atom stereocenters. The molecule has 0 spiro atoms. The van der Waals surface area contributed by atoms with E-state index < -0.39 is 0 Å². The maximum atomic E-state index is 5.61. The third-order valence-corrected chi connectivity index (χ3v) is 3.76. The van der Waals surface area contributed by atoms with Crippen molar-refractivity contribution in [3.8, 4) is 0 Å². The van der Waals surface area contributed by atoms with Gasteiger partial charge in [0.1, 0.15) is 0 Å². The predicted octanol–water partition coefficient (Wildman–Crippen LogP) is 1.58. The van der Waals surface area contributed by atoms with Gasteiger partial charge in [-0.25, -0.2) is 0 Å². The summed E-state index contributed by atoms with van der Waals surface area (Å²) in [6.45, 7) is 12.3. The van der Waals surface area contributed by atoms with Gasteiger partial charge in [0.05, 0.1) is 12.7 Å². The topological polar surface area (TPSA) is 15.7 Å². The molecule has 2 bridgehead atoms. The second-order valence-corrected chi connectivity index (χ2v) is 5.46. The molecular formula is C13H26N2O. The highest BCUT2D eigenvalue weighted by molar-refractivity contribution is 5.00. The standard InChI is InChI=1S/C13H26N2O/c1-4-5-15-12-8-13(15)10-14(9-12)6-7-16-11(2)3/h11-13H,4-10H2,1-3H3. The molecule has 0 radical (unpaired) electrons. The predicted molar refractivity (Wildman–Crippen MR) is 66.7 cm³/mol. The number of hydrogen-bond donors (Lipinski definition) is 0. The van der Waals surface area contributed by atoms with E-state index in [1.807, 2.05) is 0 Å². The zero-order valence-electron chi connectivity index (χ0n) is 11.0. The highest BCUT2D eigenvalue weighted by atomic mass is 16.5. The Morgan fingerprint density at radius 3 is 2.44 bits per heavy atom. The first-order valence-electron chi connectivity index (χ1n) is 6.80. The third-order valence-electron chi connectivity index (χ3n) is 3.76. The van der Waals surface area contributed by atoms with E-state index in [0.29, 0.717) is 6.10 Å². The van der Waals surface area contributed by atoms with Gasteiger partial charge in [0, 0.05) is 31.7 Å². The Labute approximate surface area is 99.7 Å². The lowest BCUT2D eigenvalue weighted by Crippen LogP contribution is -2.68. The molecule has 0 amide bonds. The minimum atomic E-state index is 0.371. The van der Waals surface area contributed by atoms with E-state index in [1.165, 1.54) is 32.5 Å². The Morgan fingerprint density at radius 1 is 1.19 bits per heavy atom. The summed E-state index contributed by atoms with van der Waals surface area (Å²) < 4.78 is 5.61. The molecule has 3 aliphatic rings. The summed E-state index contributed by atoms with van der Waals surface area (Å²) in [6.07, 6.45) is 3.10. The van der Waals surface area contributed by atoms with Crippen LogP contribution in [0.15, 0.2) is 0 Å². The van der Waals surface area contributed by atoms with Gasteiger partial charge in [0.2, 0.25) is 0 Å². The molecule has 3 fully saturated rings. The van der Waals surface area contributed by atoms with Crippen LogP contribution in [0, 0.1) is 0 Å². The summed E-state index contributed by atoms with van der Waals surface area (Å²) >= 11 is 0. The largest absolute Gasteiger partial charge is 0.377 e. The normalized spacial score (nSPS) is 30.8. The summed E-state index contributed by atoms with van der Waals surface area (Å²) in [5, 5.41) is 0. The third kappa shape index (κ3) is 2.76. The summed E-state index contributed by atoms with van der Waals surface area (Å²) in [5.41, 5.74) is 0. The van der Waals surface area contributed by atoms with Crippen molar-refractivity contribution in [2.45, 2.75) is 51.8 Å². The van der Waals surface area contributed by atoms with Crippen LogP contribution in [0.4, 0.5) is 0 Å². The van der Waals surface area contributed by atoms with Crippen molar-refractivity contribution >= 4 is 0 Å². The number of fused-ring (bicyclic) bond motifs is 2. The second-order valence-electron chi connectivity index (χ2n) is 5.46. The molecule has 0 aliphatic carbocycles. The molecular weight excluding hydrogens is 200 g/mol. The number of piperazine rings is 1. The summed E-state index contributed by atoms with van der Waals surface area (Å²) in [7, 11) is 0. The quantitative estimate of drug-likeness (QED) is 0.684. The Balaban J connectivity index is 1.66. The van der Waals surface area contributed by atoms with Crippen molar-refractivity contribution in [2.24, 2.45) is 0 Å². The SMILES string of the molecule is CCCN1C2CC1CN(CCOC(C)C)C2. The summed E-state index contributed by atoms with van der Waals surface area (Å²) in [4.78, 5) is 5.27. The van der Waals surface area contributed by atoms with Crippen LogP contribution < -0.4 is 0 Å². The van der Waals surface area contributed by atoms with Gasteiger partial charge < -0.3 is 4.74 Å². The minimum Gasteiger partial charge on any atom is -0.377 e. The van der Waals surface area contributed by atoms with E-state index in [-0.39, 0.29) is 0 Å². The molecule has 2 unspecified atom stereocenters. The van der Waals surface area contributed by atoms with Crippen molar-refractivity contribution in [1.82, 2.24) is 9.80 Å². The van der Waals surface area contributed by atoms with Crippen LogP contribution in [0.5, 0.6) is 0 Å². The van der Waals surface area contributed by atoms with Gasteiger partial charge in [-0.1, -0.05) is 6.92 Å². The van der Waals surface area contributed by atoms with Gasteiger partial charge in [-0.05, 0) is 33.2 Å². The fourth-order valence-corrected chi connectivity index (χ4v) is 3.00. The zero-order valence-corrected chi connectivity index (χ0v) is 11.0. The van der Waals surface area contributed by atoms with Crippen LogP contribution >= 0.6 is 0 Å². The molecule has 0 saturated carbocycles. The summed E-state index contributed by atoms with van der Waals surface area (Å²) in [5.74, 6) is 0. The van der Waals surface area contributed by atoms with Crippen molar-refractivity contribution in [3.05, 3.63) is 0 Å². The molecule has 0 aromatic heterocycles. The fourth-order valence-electron chi connectivity index (χ4n) is 3.00. The van der Waals surface area contributed by atoms with Crippen LogP contribution in [0.3, 0.4) is 0 Å². The monoisotopic (exact) mass is 226 g/mol. The van der Waals surface area contributed by atoms with Crippen LogP contribution in [0.1, 0.15) is 33.6 Å². The first-order valence-corrected chi connectivity index (χ1v) is 6.80. The van der Waals surface area contributed by atoms with Crippen LogP contribution in [-0.2, 0) is 4.74 Å². The maximum absolute atomic E-state index is 5.61. The zero-order chi connectivity index (χ0) is 11.5. The average molecular weight is 226 g/mol. The van der Waals surface area contributed by atoms with Gasteiger partial charge >= 0.3 is 0 Å². The molecule has 0 N–H and O–H groups in total. The van der Waals surface area contributed by atoms with E-state index in [0.717, 1.165) is 25.2 Å².